The normalized spacial score (nSPS) is 16.7. The van der Waals surface area contributed by atoms with Crippen LogP contribution in [0.2, 0.25) is 0 Å². The minimum Gasteiger partial charge on any atom is -0.365 e. The third-order valence-electron chi connectivity index (χ3n) is 4.80. The van der Waals surface area contributed by atoms with Crippen molar-refractivity contribution in [2.45, 2.75) is 30.8 Å². The summed E-state index contributed by atoms with van der Waals surface area (Å²) in [6.45, 7) is 3.90. The molecule has 0 bridgehead atoms. The molecule has 0 saturated carbocycles. The standard InChI is InChI=1S/C20H25F2N5O2S.HI/c1-2-24-20(25-12-14-6-8-16(9-7-14)30(23,28)29)26-15-10-11-27(13-15)19-17(21)4-3-5-18(19)22;/h3-9,15H,2,10-13H2,1H3,(H2,23,28,29)(H2,24,25,26);1H. The monoisotopic (exact) mass is 565 g/mol. The summed E-state index contributed by atoms with van der Waals surface area (Å²) < 4.78 is 50.8. The lowest BCUT2D eigenvalue weighted by molar-refractivity contribution is 0.575. The maximum absolute atomic E-state index is 14.0. The number of nitrogens with zero attached hydrogens (tertiary/aromatic N) is 2. The Morgan fingerprint density at radius 2 is 1.84 bits per heavy atom. The van der Waals surface area contributed by atoms with Gasteiger partial charge < -0.3 is 15.5 Å². The van der Waals surface area contributed by atoms with Crippen molar-refractivity contribution in [3.05, 3.63) is 59.7 Å². The van der Waals surface area contributed by atoms with Crippen LogP contribution < -0.4 is 20.7 Å². The van der Waals surface area contributed by atoms with Gasteiger partial charge in [0.2, 0.25) is 10.0 Å². The SMILES string of the molecule is CCNC(=NCc1ccc(S(N)(=O)=O)cc1)NC1CCN(c2c(F)cccc2F)C1.I. The fourth-order valence-electron chi connectivity index (χ4n) is 3.34. The van der Waals surface area contributed by atoms with Gasteiger partial charge in [0, 0.05) is 25.7 Å². The van der Waals surface area contributed by atoms with Gasteiger partial charge in [-0.05, 0) is 43.2 Å². The highest BCUT2D eigenvalue weighted by Crippen LogP contribution is 2.26. The molecule has 1 aliphatic rings. The molecule has 3 rings (SSSR count). The molecule has 2 aromatic rings. The number of nitrogens with one attached hydrogen (secondary N) is 2. The fraction of sp³-hybridized carbons (Fsp3) is 0.350. The van der Waals surface area contributed by atoms with Crippen molar-refractivity contribution >= 4 is 45.6 Å². The second kappa shape index (κ2) is 11.0. The summed E-state index contributed by atoms with van der Waals surface area (Å²) in [5, 5.41) is 11.6. The summed E-state index contributed by atoms with van der Waals surface area (Å²) >= 11 is 0. The van der Waals surface area contributed by atoms with Crippen molar-refractivity contribution in [2.75, 3.05) is 24.5 Å². The van der Waals surface area contributed by atoms with Gasteiger partial charge >= 0.3 is 0 Å². The van der Waals surface area contributed by atoms with Gasteiger partial charge in [0.05, 0.1) is 11.4 Å². The van der Waals surface area contributed by atoms with Crippen molar-refractivity contribution in [3.63, 3.8) is 0 Å². The van der Waals surface area contributed by atoms with Crippen LogP contribution in [0.5, 0.6) is 0 Å². The number of hydrogen-bond acceptors (Lipinski definition) is 4. The number of sulfonamides is 1. The zero-order valence-corrected chi connectivity index (χ0v) is 20.2. The maximum Gasteiger partial charge on any atom is 0.238 e. The number of anilines is 1. The lowest BCUT2D eigenvalue weighted by Gasteiger charge is -2.21. The van der Waals surface area contributed by atoms with Crippen LogP contribution in [0.1, 0.15) is 18.9 Å². The Morgan fingerprint density at radius 1 is 1.19 bits per heavy atom. The van der Waals surface area contributed by atoms with Crippen molar-refractivity contribution in [2.24, 2.45) is 10.1 Å². The molecule has 31 heavy (non-hydrogen) atoms. The second-order valence-corrected chi connectivity index (χ2v) is 8.59. The molecule has 2 aromatic carbocycles. The van der Waals surface area contributed by atoms with E-state index < -0.39 is 21.7 Å². The van der Waals surface area contributed by atoms with Crippen LogP contribution in [-0.2, 0) is 16.6 Å². The molecule has 170 valence electrons. The summed E-state index contributed by atoms with van der Waals surface area (Å²) in [4.78, 5) is 6.26. The highest BCUT2D eigenvalue weighted by atomic mass is 127. The van der Waals surface area contributed by atoms with Gasteiger partial charge in [-0.2, -0.15) is 0 Å². The van der Waals surface area contributed by atoms with E-state index in [1.54, 1.807) is 17.0 Å². The molecule has 7 nitrogen and oxygen atoms in total. The van der Waals surface area contributed by atoms with Crippen LogP contribution in [0.4, 0.5) is 14.5 Å². The van der Waals surface area contributed by atoms with Gasteiger partial charge in [-0.3, -0.25) is 0 Å². The van der Waals surface area contributed by atoms with Crippen molar-refractivity contribution in [1.29, 1.82) is 0 Å². The summed E-state index contributed by atoms with van der Waals surface area (Å²) in [6.07, 6.45) is 0.710. The molecular weight excluding hydrogens is 539 g/mol. The van der Waals surface area contributed by atoms with Crippen LogP contribution in [0, 0.1) is 11.6 Å². The van der Waals surface area contributed by atoms with Crippen molar-refractivity contribution in [1.82, 2.24) is 10.6 Å². The minimum absolute atomic E-state index is 0. The molecule has 0 amide bonds. The maximum atomic E-state index is 14.0. The first-order valence-electron chi connectivity index (χ1n) is 9.63. The first-order valence-corrected chi connectivity index (χ1v) is 11.2. The first kappa shape index (κ1) is 25.3. The molecule has 1 saturated heterocycles. The highest BCUT2D eigenvalue weighted by Gasteiger charge is 2.27. The first-order chi connectivity index (χ1) is 14.3. The molecule has 0 aliphatic carbocycles. The third-order valence-corrected chi connectivity index (χ3v) is 5.73. The zero-order valence-electron chi connectivity index (χ0n) is 17.0. The van der Waals surface area contributed by atoms with Gasteiger partial charge in [-0.15, -0.1) is 24.0 Å². The predicted molar refractivity (Wildman–Crippen MR) is 128 cm³/mol. The average Bonchev–Trinajstić information content (AvgIpc) is 3.14. The molecular formula is C20H26F2IN5O2S. The number of hydrogen-bond donors (Lipinski definition) is 3. The van der Waals surface area contributed by atoms with Gasteiger partial charge in [0.15, 0.2) is 5.96 Å². The number of para-hydroxylation sites is 1. The summed E-state index contributed by atoms with van der Waals surface area (Å²) in [7, 11) is -3.73. The minimum atomic E-state index is -3.73. The number of guanidine groups is 1. The highest BCUT2D eigenvalue weighted by molar-refractivity contribution is 14.0. The Labute approximate surface area is 198 Å². The molecule has 0 radical (unpaired) electrons. The average molecular weight is 565 g/mol. The Hall–Kier alpha value is -1.99. The van der Waals surface area contributed by atoms with Crippen LogP contribution in [0.15, 0.2) is 52.4 Å². The smallest absolute Gasteiger partial charge is 0.238 e. The Kier molecular flexibility index (Phi) is 9.01. The van der Waals surface area contributed by atoms with E-state index in [9.17, 15) is 17.2 Å². The molecule has 1 atom stereocenters. The van der Waals surface area contributed by atoms with E-state index in [1.807, 2.05) is 6.92 Å². The number of benzene rings is 2. The van der Waals surface area contributed by atoms with Gasteiger partial charge in [0.1, 0.15) is 17.3 Å². The van der Waals surface area contributed by atoms with Crippen LogP contribution >= 0.6 is 24.0 Å². The molecule has 1 fully saturated rings. The molecule has 11 heteroatoms. The van der Waals surface area contributed by atoms with Gasteiger partial charge in [0.25, 0.3) is 0 Å². The third kappa shape index (κ3) is 6.74. The quantitative estimate of drug-likeness (QED) is 0.284. The topological polar surface area (TPSA) is 99.8 Å². The van der Waals surface area contributed by atoms with Crippen molar-refractivity contribution < 1.29 is 17.2 Å². The lowest BCUT2D eigenvalue weighted by Crippen LogP contribution is -2.44. The Bertz CT molecular complexity index is 998. The molecule has 0 spiro atoms. The largest absolute Gasteiger partial charge is 0.365 e. The number of aliphatic imine (C=N–C) groups is 1. The number of halogens is 3. The lowest BCUT2D eigenvalue weighted by atomic mass is 10.2. The van der Waals surface area contributed by atoms with Crippen molar-refractivity contribution in [3.8, 4) is 0 Å². The molecule has 1 aliphatic heterocycles. The zero-order chi connectivity index (χ0) is 21.7. The Balaban J connectivity index is 0.00000341. The number of primary sulfonamides is 1. The molecule has 0 aromatic heterocycles. The molecule has 1 unspecified atom stereocenters. The van der Waals surface area contributed by atoms with E-state index in [0.717, 1.165) is 5.56 Å². The van der Waals surface area contributed by atoms with E-state index in [2.05, 4.69) is 15.6 Å². The molecule has 1 heterocycles. The van der Waals surface area contributed by atoms with Crippen LogP contribution in [0.3, 0.4) is 0 Å². The number of nitrogens with two attached hydrogens (primary N) is 1. The second-order valence-electron chi connectivity index (χ2n) is 7.03. The van der Waals surface area contributed by atoms with Gasteiger partial charge in [-0.25, -0.2) is 27.3 Å². The van der Waals surface area contributed by atoms with Crippen LogP contribution in [0.25, 0.3) is 0 Å². The van der Waals surface area contributed by atoms with E-state index in [0.29, 0.717) is 38.6 Å². The Morgan fingerprint density at radius 3 is 2.42 bits per heavy atom. The predicted octanol–water partition coefficient (Wildman–Crippen LogP) is 2.56. The summed E-state index contributed by atoms with van der Waals surface area (Å²) in [6, 6.07) is 10.0. The van der Waals surface area contributed by atoms with Crippen LogP contribution in [-0.4, -0.2) is 40.1 Å². The molecule has 4 N–H and O–H groups in total. The summed E-state index contributed by atoms with van der Waals surface area (Å²) in [5.74, 6) is -0.563. The van der Waals surface area contributed by atoms with E-state index >= 15 is 0 Å². The van der Waals surface area contributed by atoms with E-state index in [-0.39, 0.29) is 40.6 Å². The number of rotatable bonds is 6. The van der Waals surface area contributed by atoms with Gasteiger partial charge in [-0.1, -0.05) is 18.2 Å². The summed E-state index contributed by atoms with van der Waals surface area (Å²) in [5.41, 5.74) is 0.819. The van der Waals surface area contributed by atoms with E-state index in [4.69, 9.17) is 5.14 Å². The fourth-order valence-corrected chi connectivity index (χ4v) is 3.86. The van der Waals surface area contributed by atoms with E-state index in [1.165, 1.54) is 30.3 Å².